The van der Waals surface area contributed by atoms with Crippen LogP contribution in [0, 0.1) is 5.82 Å². The molecule has 1 heterocycles. The molecule has 3 N–H and O–H groups in total. The molecule has 2 aliphatic rings. The third-order valence-corrected chi connectivity index (χ3v) is 6.87. The number of hydrogen-bond donors (Lipinski definition) is 3. The Labute approximate surface area is 216 Å². The van der Waals surface area contributed by atoms with Crippen LogP contribution in [0.2, 0.25) is 0 Å². The van der Waals surface area contributed by atoms with Gasteiger partial charge in [0.05, 0.1) is 18.6 Å². The summed E-state index contributed by atoms with van der Waals surface area (Å²) >= 11 is 0. The predicted molar refractivity (Wildman–Crippen MR) is 137 cm³/mol. The van der Waals surface area contributed by atoms with Crippen molar-refractivity contribution in [2.75, 3.05) is 13.2 Å². The Hall–Kier alpha value is -3.49. The SMILES string of the molecule is C=CCCCCC(=O)N(Cc1ccc(F)cc1)[C@@H]1C=C(C(=O)NCCO)[C@@H]2c3ccccc3O[C@@H]2[C@H]1O. The average Bonchev–Trinajstić information content (AvgIpc) is 3.30. The molecule has 2 amide bonds. The van der Waals surface area contributed by atoms with E-state index in [0.717, 1.165) is 18.4 Å². The second kappa shape index (κ2) is 12.2. The number of amides is 2. The Morgan fingerprint density at radius 2 is 1.89 bits per heavy atom. The summed E-state index contributed by atoms with van der Waals surface area (Å²) in [4.78, 5) is 28.3. The van der Waals surface area contributed by atoms with Crippen molar-refractivity contribution in [2.24, 2.45) is 0 Å². The number of fused-ring (bicyclic) bond motifs is 3. The van der Waals surface area contributed by atoms with Gasteiger partial charge in [0.15, 0.2) is 0 Å². The smallest absolute Gasteiger partial charge is 0.247 e. The fraction of sp³-hybridized carbons (Fsp3) is 0.379. The zero-order chi connectivity index (χ0) is 26.4. The predicted octanol–water partition coefficient (Wildman–Crippen LogP) is 3.22. The molecule has 2 aromatic rings. The van der Waals surface area contributed by atoms with E-state index in [0.29, 0.717) is 23.3 Å². The average molecular weight is 509 g/mol. The number of carbonyl (C=O) groups excluding carboxylic acids is 2. The molecular formula is C29H33FN2O5. The van der Waals surface area contributed by atoms with Crippen LogP contribution in [0.25, 0.3) is 0 Å². The van der Waals surface area contributed by atoms with E-state index in [-0.39, 0.29) is 43.7 Å². The van der Waals surface area contributed by atoms with Gasteiger partial charge < -0.3 is 25.2 Å². The standard InChI is InChI=1S/C29H33FN2O5/c1-2-3-4-5-10-25(34)32(18-19-11-13-20(30)14-12-19)23-17-22(29(36)31-15-16-33)26-21-8-6-7-9-24(21)37-28(26)27(23)35/h2,6-9,11-14,17,23,26-28,33,35H,1,3-5,10,15-16,18H2,(H,31,36)/t23-,26+,27+,28+/m1/s1. The lowest BCUT2D eigenvalue weighted by Crippen LogP contribution is -2.55. The number of ether oxygens (including phenoxy) is 1. The third kappa shape index (κ3) is 5.92. The van der Waals surface area contributed by atoms with Crippen molar-refractivity contribution in [1.29, 1.82) is 0 Å². The lowest BCUT2D eigenvalue weighted by Gasteiger charge is -2.41. The van der Waals surface area contributed by atoms with Crippen LogP contribution in [0.3, 0.4) is 0 Å². The van der Waals surface area contributed by atoms with Gasteiger partial charge in [0.25, 0.3) is 0 Å². The molecule has 1 aliphatic heterocycles. The van der Waals surface area contributed by atoms with E-state index in [2.05, 4.69) is 11.9 Å². The molecule has 0 bridgehead atoms. The van der Waals surface area contributed by atoms with E-state index in [1.807, 2.05) is 18.2 Å². The van der Waals surface area contributed by atoms with Gasteiger partial charge in [-0.1, -0.05) is 36.4 Å². The maximum Gasteiger partial charge on any atom is 0.247 e. The number of carbonyl (C=O) groups is 2. The normalized spacial score (nSPS) is 21.8. The molecule has 1 aliphatic carbocycles. The van der Waals surface area contributed by atoms with E-state index >= 15 is 0 Å². The number of nitrogens with zero attached hydrogens (tertiary/aromatic N) is 1. The van der Waals surface area contributed by atoms with Crippen LogP contribution in [-0.4, -0.2) is 58.3 Å². The topological polar surface area (TPSA) is 99.1 Å². The number of allylic oxidation sites excluding steroid dienone is 1. The van der Waals surface area contributed by atoms with Crippen molar-refractivity contribution in [3.63, 3.8) is 0 Å². The summed E-state index contributed by atoms with van der Waals surface area (Å²) in [6.45, 7) is 3.71. The van der Waals surface area contributed by atoms with E-state index < -0.39 is 24.2 Å². The van der Waals surface area contributed by atoms with Crippen LogP contribution in [-0.2, 0) is 16.1 Å². The summed E-state index contributed by atoms with van der Waals surface area (Å²) in [7, 11) is 0. The maximum absolute atomic E-state index is 13.5. The first kappa shape index (κ1) is 26.6. The van der Waals surface area contributed by atoms with E-state index in [4.69, 9.17) is 4.74 Å². The van der Waals surface area contributed by atoms with Gasteiger partial charge in [-0.05, 0) is 49.1 Å². The third-order valence-electron chi connectivity index (χ3n) is 6.87. The molecule has 2 aromatic carbocycles. The second-order valence-corrected chi connectivity index (χ2v) is 9.36. The molecule has 0 fully saturated rings. The first-order valence-corrected chi connectivity index (χ1v) is 12.6. The number of nitrogens with one attached hydrogen (secondary N) is 1. The Morgan fingerprint density at radius 3 is 2.62 bits per heavy atom. The molecular weight excluding hydrogens is 475 g/mol. The summed E-state index contributed by atoms with van der Waals surface area (Å²) in [6, 6.07) is 12.3. The molecule has 8 heteroatoms. The van der Waals surface area contributed by atoms with Crippen molar-refractivity contribution >= 4 is 11.8 Å². The van der Waals surface area contributed by atoms with Crippen molar-refractivity contribution < 1.29 is 28.9 Å². The van der Waals surface area contributed by atoms with Crippen LogP contribution < -0.4 is 10.1 Å². The van der Waals surface area contributed by atoms with Gasteiger partial charge in [-0.15, -0.1) is 6.58 Å². The van der Waals surface area contributed by atoms with Gasteiger partial charge in [0.1, 0.15) is 23.8 Å². The number of rotatable bonds is 11. The minimum absolute atomic E-state index is 0.0742. The molecule has 37 heavy (non-hydrogen) atoms. The molecule has 4 rings (SSSR count). The summed E-state index contributed by atoms with van der Waals surface area (Å²) in [5.74, 6) is -0.888. The van der Waals surface area contributed by atoms with Crippen LogP contribution >= 0.6 is 0 Å². The van der Waals surface area contributed by atoms with Crippen molar-refractivity contribution in [2.45, 2.75) is 56.4 Å². The van der Waals surface area contributed by atoms with Crippen LogP contribution in [0.4, 0.5) is 4.39 Å². The van der Waals surface area contributed by atoms with Gasteiger partial charge in [-0.3, -0.25) is 9.59 Å². The van der Waals surface area contributed by atoms with Crippen molar-refractivity contribution in [3.05, 3.63) is 89.8 Å². The van der Waals surface area contributed by atoms with Crippen molar-refractivity contribution in [1.82, 2.24) is 10.2 Å². The summed E-state index contributed by atoms with van der Waals surface area (Å²) < 4.78 is 19.7. The van der Waals surface area contributed by atoms with Gasteiger partial charge in [0.2, 0.25) is 11.8 Å². The highest BCUT2D eigenvalue weighted by Crippen LogP contribution is 2.47. The number of hydrogen-bond acceptors (Lipinski definition) is 5. The first-order valence-electron chi connectivity index (χ1n) is 12.6. The highest BCUT2D eigenvalue weighted by molar-refractivity contribution is 5.96. The lowest BCUT2D eigenvalue weighted by molar-refractivity contribution is -0.138. The molecule has 7 nitrogen and oxygen atoms in total. The Morgan fingerprint density at radius 1 is 1.14 bits per heavy atom. The fourth-order valence-electron chi connectivity index (χ4n) is 5.05. The van der Waals surface area contributed by atoms with Crippen LogP contribution in [0.15, 0.2) is 72.8 Å². The van der Waals surface area contributed by atoms with Gasteiger partial charge in [-0.25, -0.2) is 4.39 Å². The Balaban J connectivity index is 1.70. The highest BCUT2D eigenvalue weighted by atomic mass is 19.1. The van der Waals surface area contributed by atoms with Crippen molar-refractivity contribution in [3.8, 4) is 5.75 Å². The van der Waals surface area contributed by atoms with Gasteiger partial charge in [-0.2, -0.15) is 0 Å². The minimum Gasteiger partial charge on any atom is -0.486 e. The zero-order valence-corrected chi connectivity index (χ0v) is 20.7. The van der Waals surface area contributed by atoms with E-state index in [1.165, 1.54) is 12.1 Å². The summed E-state index contributed by atoms with van der Waals surface area (Å²) in [5, 5.41) is 23.5. The maximum atomic E-state index is 13.5. The number of halogens is 1. The van der Waals surface area contributed by atoms with Crippen LogP contribution in [0.1, 0.15) is 42.7 Å². The van der Waals surface area contributed by atoms with Gasteiger partial charge in [0, 0.05) is 30.6 Å². The quantitative estimate of drug-likeness (QED) is 0.320. The molecule has 0 saturated heterocycles. The zero-order valence-electron chi connectivity index (χ0n) is 20.7. The molecule has 0 radical (unpaired) electrons. The number of benzene rings is 2. The second-order valence-electron chi connectivity index (χ2n) is 9.36. The molecule has 4 atom stereocenters. The molecule has 0 unspecified atom stereocenters. The fourth-order valence-corrected chi connectivity index (χ4v) is 5.05. The van der Waals surface area contributed by atoms with E-state index in [9.17, 15) is 24.2 Å². The Bertz CT molecular complexity index is 1150. The van der Waals surface area contributed by atoms with Gasteiger partial charge >= 0.3 is 0 Å². The number of unbranched alkanes of at least 4 members (excludes halogenated alkanes) is 2. The number of para-hydroxylation sites is 1. The molecule has 196 valence electrons. The Kier molecular flexibility index (Phi) is 8.74. The summed E-state index contributed by atoms with van der Waals surface area (Å²) in [5.41, 5.74) is 1.86. The van der Waals surface area contributed by atoms with Crippen LogP contribution in [0.5, 0.6) is 5.75 Å². The number of aliphatic hydroxyl groups excluding tert-OH is 2. The monoisotopic (exact) mass is 508 g/mol. The largest absolute Gasteiger partial charge is 0.486 e. The summed E-state index contributed by atoms with van der Waals surface area (Å²) in [6.07, 6.45) is 4.08. The minimum atomic E-state index is -1.11. The molecule has 0 saturated carbocycles. The lowest BCUT2D eigenvalue weighted by atomic mass is 9.77. The highest BCUT2D eigenvalue weighted by Gasteiger charge is 2.50. The van der Waals surface area contributed by atoms with E-state index in [1.54, 1.807) is 35.3 Å². The molecule has 0 spiro atoms. The first-order chi connectivity index (χ1) is 17.9. The molecule has 0 aromatic heterocycles. The number of aliphatic hydroxyl groups is 2.